The molecule has 0 aromatic rings. The van der Waals surface area contributed by atoms with Gasteiger partial charge in [0.05, 0.1) is 6.54 Å². The molecule has 0 aromatic carbocycles. The Balaban J connectivity index is 1.74. The van der Waals surface area contributed by atoms with Crippen molar-refractivity contribution in [2.45, 2.75) is 57.0 Å². The third kappa shape index (κ3) is 2.63. The van der Waals surface area contributed by atoms with Crippen LogP contribution in [-0.2, 0) is 14.4 Å². The number of aliphatic carboxylic acids is 1. The Morgan fingerprint density at radius 3 is 2.62 bits per heavy atom. The average molecular weight is 294 g/mol. The van der Waals surface area contributed by atoms with E-state index in [2.05, 4.69) is 0 Å². The van der Waals surface area contributed by atoms with Crippen molar-refractivity contribution in [3.8, 4) is 0 Å². The van der Waals surface area contributed by atoms with E-state index in [1.165, 1.54) is 0 Å². The summed E-state index contributed by atoms with van der Waals surface area (Å²) in [6, 6.07) is -0.645. The van der Waals surface area contributed by atoms with Crippen LogP contribution in [0.5, 0.6) is 0 Å². The zero-order valence-corrected chi connectivity index (χ0v) is 12.2. The van der Waals surface area contributed by atoms with E-state index in [4.69, 9.17) is 0 Å². The van der Waals surface area contributed by atoms with Gasteiger partial charge in [-0.25, -0.2) is 4.79 Å². The van der Waals surface area contributed by atoms with Crippen LogP contribution >= 0.6 is 0 Å². The largest absolute Gasteiger partial charge is 0.480 e. The molecule has 6 heteroatoms. The summed E-state index contributed by atoms with van der Waals surface area (Å²) in [6.45, 7) is 0.663. The topological polar surface area (TPSA) is 77.9 Å². The van der Waals surface area contributed by atoms with Gasteiger partial charge in [-0.15, -0.1) is 0 Å². The number of rotatable bonds is 3. The first-order valence-corrected chi connectivity index (χ1v) is 7.89. The van der Waals surface area contributed by atoms with Crippen LogP contribution in [0.1, 0.15) is 44.9 Å². The molecule has 1 aliphatic carbocycles. The van der Waals surface area contributed by atoms with Gasteiger partial charge >= 0.3 is 5.97 Å². The van der Waals surface area contributed by atoms with E-state index in [-0.39, 0.29) is 24.4 Å². The van der Waals surface area contributed by atoms with Crippen LogP contribution < -0.4 is 0 Å². The summed E-state index contributed by atoms with van der Waals surface area (Å²) < 4.78 is 0. The van der Waals surface area contributed by atoms with E-state index in [0.717, 1.165) is 32.1 Å². The Morgan fingerprint density at radius 2 is 1.95 bits per heavy atom. The summed E-state index contributed by atoms with van der Waals surface area (Å²) in [7, 11) is 0. The van der Waals surface area contributed by atoms with E-state index in [9.17, 15) is 19.5 Å². The zero-order valence-electron chi connectivity index (χ0n) is 12.2. The first-order chi connectivity index (χ1) is 10.1. The highest BCUT2D eigenvalue weighted by atomic mass is 16.4. The lowest BCUT2D eigenvalue weighted by Crippen LogP contribution is -2.50. The molecule has 116 valence electrons. The SMILES string of the molecule is O=C(O)[C@@H]1C[C@H]2CCCC[C@@H]2N1C(=O)CN1CCCC1=O. The quantitative estimate of drug-likeness (QED) is 0.837. The van der Waals surface area contributed by atoms with Crippen molar-refractivity contribution in [3.05, 3.63) is 0 Å². The van der Waals surface area contributed by atoms with Crippen LogP contribution in [0.2, 0.25) is 0 Å². The van der Waals surface area contributed by atoms with Crippen LogP contribution in [-0.4, -0.2) is 57.9 Å². The lowest BCUT2D eigenvalue weighted by Gasteiger charge is -2.34. The lowest BCUT2D eigenvalue weighted by molar-refractivity contribution is -0.151. The Kier molecular flexibility index (Phi) is 3.87. The fourth-order valence-corrected chi connectivity index (χ4v) is 4.16. The molecule has 3 aliphatic rings. The average Bonchev–Trinajstić information content (AvgIpc) is 3.03. The fraction of sp³-hybridized carbons (Fsp3) is 0.800. The standard InChI is InChI=1S/C15H22N2O4/c18-13-6-3-7-16(13)9-14(19)17-11-5-2-1-4-10(11)8-12(17)15(20)21/h10-12H,1-9H2,(H,20,21)/t10-,11+,12+/m1/s1. The molecule has 3 fully saturated rings. The fourth-order valence-electron chi connectivity index (χ4n) is 4.16. The summed E-state index contributed by atoms with van der Waals surface area (Å²) in [4.78, 5) is 38.9. The number of fused-ring (bicyclic) bond motifs is 1. The second-order valence-corrected chi connectivity index (χ2v) is 6.42. The van der Waals surface area contributed by atoms with Gasteiger partial charge < -0.3 is 14.9 Å². The Morgan fingerprint density at radius 1 is 1.19 bits per heavy atom. The number of carbonyl (C=O) groups is 3. The second-order valence-electron chi connectivity index (χ2n) is 6.42. The van der Waals surface area contributed by atoms with E-state index < -0.39 is 12.0 Å². The van der Waals surface area contributed by atoms with Gasteiger partial charge in [0, 0.05) is 19.0 Å². The molecule has 0 aromatic heterocycles. The van der Waals surface area contributed by atoms with Crippen molar-refractivity contribution in [3.63, 3.8) is 0 Å². The third-order valence-corrected chi connectivity index (χ3v) is 5.16. The molecule has 2 saturated heterocycles. The van der Waals surface area contributed by atoms with Crippen molar-refractivity contribution >= 4 is 17.8 Å². The normalized spacial score (nSPS) is 32.4. The Hall–Kier alpha value is -1.59. The Bertz CT molecular complexity index is 465. The number of nitrogens with zero attached hydrogens (tertiary/aromatic N) is 2. The number of hydrogen-bond acceptors (Lipinski definition) is 3. The number of carbonyl (C=O) groups excluding carboxylic acids is 2. The molecule has 1 saturated carbocycles. The second kappa shape index (κ2) is 5.66. The predicted molar refractivity (Wildman–Crippen MR) is 74.4 cm³/mol. The van der Waals surface area contributed by atoms with Gasteiger partial charge in [0.15, 0.2) is 0 Å². The van der Waals surface area contributed by atoms with Gasteiger partial charge in [0.2, 0.25) is 11.8 Å². The van der Waals surface area contributed by atoms with Crippen molar-refractivity contribution in [1.29, 1.82) is 0 Å². The Labute approximate surface area is 124 Å². The summed E-state index contributed by atoms with van der Waals surface area (Å²) in [5, 5.41) is 9.42. The summed E-state index contributed by atoms with van der Waals surface area (Å²) in [6.07, 6.45) is 5.96. The van der Waals surface area contributed by atoms with Crippen LogP contribution in [0.3, 0.4) is 0 Å². The molecule has 21 heavy (non-hydrogen) atoms. The summed E-state index contributed by atoms with van der Waals surface area (Å²) in [5.41, 5.74) is 0. The minimum Gasteiger partial charge on any atom is -0.480 e. The molecule has 2 amide bonds. The molecule has 0 bridgehead atoms. The van der Waals surface area contributed by atoms with Crippen molar-refractivity contribution in [2.24, 2.45) is 5.92 Å². The highest BCUT2D eigenvalue weighted by Crippen LogP contribution is 2.39. The van der Waals surface area contributed by atoms with Gasteiger partial charge in [0.1, 0.15) is 6.04 Å². The maximum absolute atomic E-state index is 12.6. The van der Waals surface area contributed by atoms with Crippen LogP contribution in [0.4, 0.5) is 0 Å². The molecule has 3 atom stereocenters. The number of amides is 2. The first kappa shape index (κ1) is 14.4. The van der Waals surface area contributed by atoms with Crippen LogP contribution in [0.15, 0.2) is 0 Å². The molecule has 3 rings (SSSR count). The van der Waals surface area contributed by atoms with E-state index in [1.54, 1.807) is 9.80 Å². The third-order valence-electron chi connectivity index (χ3n) is 5.16. The highest BCUT2D eigenvalue weighted by Gasteiger charge is 2.47. The highest BCUT2D eigenvalue weighted by molar-refractivity contribution is 5.89. The summed E-state index contributed by atoms with van der Waals surface area (Å²) >= 11 is 0. The molecule has 2 heterocycles. The van der Waals surface area contributed by atoms with E-state index in [0.29, 0.717) is 25.3 Å². The number of hydrogen-bond donors (Lipinski definition) is 1. The first-order valence-electron chi connectivity index (χ1n) is 7.89. The molecular weight excluding hydrogens is 272 g/mol. The minimum absolute atomic E-state index is 0.00890. The molecule has 0 spiro atoms. The monoisotopic (exact) mass is 294 g/mol. The maximum Gasteiger partial charge on any atom is 0.326 e. The van der Waals surface area contributed by atoms with Gasteiger partial charge in [-0.05, 0) is 31.6 Å². The van der Waals surface area contributed by atoms with Crippen molar-refractivity contribution in [2.75, 3.05) is 13.1 Å². The number of likely N-dealkylation sites (tertiary alicyclic amines) is 2. The number of carboxylic acid groups (broad SMARTS) is 1. The molecule has 1 N–H and O–H groups in total. The van der Waals surface area contributed by atoms with Crippen molar-refractivity contribution in [1.82, 2.24) is 9.80 Å². The molecule has 0 unspecified atom stereocenters. The lowest BCUT2D eigenvalue weighted by atomic mass is 9.85. The van der Waals surface area contributed by atoms with Gasteiger partial charge in [-0.2, -0.15) is 0 Å². The number of carboxylic acids is 1. The predicted octanol–water partition coefficient (Wildman–Crippen LogP) is 0.853. The molecular formula is C15H22N2O4. The molecule has 0 radical (unpaired) electrons. The van der Waals surface area contributed by atoms with Crippen LogP contribution in [0, 0.1) is 5.92 Å². The molecule has 2 aliphatic heterocycles. The van der Waals surface area contributed by atoms with Gasteiger partial charge in [-0.3, -0.25) is 9.59 Å². The van der Waals surface area contributed by atoms with Gasteiger partial charge in [0.25, 0.3) is 0 Å². The van der Waals surface area contributed by atoms with Crippen molar-refractivity contribution < 1.29 is 19.5 Å². The van der Waals surface area contributed by atoms with E-state index in [1.807, 2.05) is 0 Å². The smallest absolute Gasteiger partial charge is 0.326 e. The van der Waals surface area contributed by atoms with Crippen LogP contribution in [0.25, 0.3) is 0 Å². The molecule has 6 nitrogen and oxygen atoms in total. The maximum atomic E-state index is 12.6. The zero-order chi connectivity index (χ0) is 15.0. The van der Waals surface area contributed by atoms with Gasteiger partial charge in [-0.1, -0.05) is 12.8 Å². The summed E-state index contributed by atoms with van der Waals surface area (Å²) in [5.74, 6) is -0.773. The van der Waals surface area contributed by atoms with E-state index >= 15 is 0 Å². The minimum atomic E-state index is -0.912.